The van der Waals surface area contributed by atoms with Gasteiger partial charge in [-0.25, -0.2) is 5.43 Å². The Morgan fingerprint density at radius 2 is 1.61 bits per heavy atom. The summed E-state index contributed by atoms with van der Waals surface area (Å²) in [6.45, 7) is 4.06. The van der Waals surface area contributed by atoms with E-state index in [9.17, 15) is 9.59 Å². The molecule has 1 unspecified atom stereocenters. The third kappa shape index (κ3) is 7.35. The second-order valence-electron chi connectivity index (χ2n) is 6.86. The van der Waals surface area contributed by atoms with Gasteiger partial charge in [-0.3, -0.25) is 9.59 Å². The van der Waals surface area contributed by atoms with Crippen molar-refractivity contribution in [2.75, 3.05) is 0 Å². The van der Waals surface area contributed by atoms with Gasteiger partial charge in [0.2, 0.25) is 0 Å². The van der Waals surface area contributed by atoms with Crippen LogP contribution in [0.1, 0.15) is 55.5 Å². The Labute approximate surface area is 167 Å². The van der Waals surface area contributed by atoms with Crippen molar-refractivity contribution < 1.29 is 9.59 Å². The largest absolute Gasteiger partial charge is 0.340 e. The molecule has 28 heavy (non-hydrogen) atoms. The van der Waals surface area contributed by atoms with E-state index in [0.717, 1.165) is 37.0 Å². The number of rotatable bonds is 10. The summed E-state index contributed by atoms with van der Waals surface area (Å²) in [6, 6.07) is 17.8. The summed E-state index contributed by atoms with van der Waals surface area (Å²) >= 11 is 0. The van der Waals surface area contributed by atoms with E-state index in [1.54, 1.807) is 24.3 Å². The molecule has 5 nitrogen and oxygen atoms in total. The Morgan fingerprint density at radius 3 is 2.25 bits per heavy atom. The highest BCUT2D eigenvalue weighted by Gasteiger charge is 2.21. The molecule has 0 fully saturated rings. The molecule has 0 aliphatic rings. The van der Waals surface area contributed by atoms with Crippen molar-refractivity contribution >= 4 is 17.5 Å². The minimum Gasteiger partial charge on any atom is -0.340 e. The lowest BCUT2D eigenvalue weighted by Gasteiger charge is -2.17. The van der Waals surface area contributed by atoms with Crippen LogP contribution in [0.4, 0.5) is 0 Å². The van der Waals surface area contributed by atoms with Crippen LogP contribution >= 0.6 is 0 Å². The summed E-state index contributed by atoms with van der Waals surface area (Å²) in [5, 5.41) is 7.04. The standard InChI is InChI=1S/C23H29N3O2/c1-3-4-7-12-18(2)25-26-23(28)21(17-19-13-8-5-9-14-19)24-22(27)20-15-10-6-11-16-20/h5-6,8-11,13-16,21H,3-4,7,12,17H2,1-2H3,(H,24,27)(H,26,28)/b25-18+. The van der Waals surface area contributed by atoms with Crippen LogP contribution < -0.4 is 10.7 Å². The van der Waals surface area contributed by atoms with Gasteiger partial charge in [-0.15, -0.1) is 0 Å². The smallest absolute Gasteiger partial charge is 0.262 e. The molecule has 0 spiro atoms. The van der Waals surface area contributed by atoms with Crippen LogP contribution in [0.2, 0.25) is 0 Å². The number of nitrogens with zero attached hydrogens (tertiary/aromatic N) is 1. The molecule has 0 heterocycles. The fourth-order valence-electron chi connectivity index (χ4n) is 2.81. The number of hydrogen-bond donors (Lipinski definition) is 2. The highest BCUT2D eigenvalue weighted by Crippen LogP contribution is 2.06. The Hall–Kier alpha value is -2.95. The van der Waals surface area contributed by atoms with E-state index in [1.165, 1.54) is 0 Å². The molecule has 2 aromatic carbocycles. The molecule has 0 aliphatic carbocycles. The van der Waals surface area contributed by atoms with Crippen LogP contribution in [-0.2, 0) is 11.2 Å². The Kier molecular flexibility index (Phi) is 8.92. The zero-order valence-electron chi connectivity index (χ0n) is 16.7. The zero-order valence-corrected chi connectivity index (χ0v) is 16.7. The number of nitrogens with one attached hydrogen (secondary N) is 2. The summed E-state index contributed by atoms with van der Waals surface area (Å²) in [5.74, 6) is -0.594. The monoisotopic (exact) mass is 379 g/mol. The van der Waals surface area contributed by atoms with Crippen molar-refractivity contribution in [3.63, 3.8) is 0 Å². The van der Waals surface area contributed by atoms with Gasteiger partial charge in [-0.05, 0) is 37.5 Å². The highest BCUT2D eigenvalue weighted by atomic mass is 16.2. The third-order valence-corrected chi connectivity index (χ3v) is 4.44. The van der Waals surface area contributed by atoms with E-state index in [1.807, 2.05) is 43.3 Å². The average Bonchev–Trinajstić information content (AvgIpc) is 2.73. The molecular formula is C23H29N3O2. The quantitative estimate of drug-likeness (QED) is 0.371. The van der Waals surface area contributed by atoms with Gasteiger partial charge in [0.1, 0.15) is 6.04 Å². The third-order valence-electron chi connectivity index (χ3n) is 4.44. The normalized spacial score (nSPS) is 12.3. The van der Waals surface area contributed by atoms with Crippen molar-refractivity contribution in [1.82, 2.24) is 10.7 Å². The molecule has 2 amide bonds. The predicted molar refractivity (Wildman–Crippen MR) is 113 cm³/mol. The van der Waals surface area contributed by atoms with E-state index >= 15 is 0 Å². The van der Waals surface area contributed by atoms with Gasteiger partial charge >= 0.3 is 0 Å². The molecule has 0 aliphatic heterocycles. The molecule has 2 N–H and O–H groups in total. The number of hydrogen-bond acceptors (Lipinski definition) is 3. The van der Waals surface area contributed by atoms with Gasteiger partial charge in [0.15, 0.2) is 0 Å². The molecule has 2 aromatic rings. The van der Waals surface area contributed by atoms with Crippen LogP contribution in [0.25, 0.3) is 0 Å². The lowest BCUT2D eigenvalue weighted by Crippen LogP contribution is -2.47. The first-order valence-electron chi connectivity index (χ1n) is 9.83. The van der Waals surface area contributed by atoms with Crippen LogP contribution in [-0.4, -0.2) is 23.6 Å². The highest BCUT2D eigenvalue weighted by molar-refractivity contribution is 5.97. The summed E-state index contributed by atoms with van der Waals surface area (Å²) in [4.78, 5) is 25.3. The van der Waals surface area contributed by atoms with Crippen LogP contribution in [0, 0.1) is 0 Å². The lowest BCUT2D eigenvalue weighted by molar-refractivity contribution is -0.122. The van der Waals surface area contributed by atoms with Crippen molar-refractivity contribution in [1.29, 1.82) is 0 Å². The number of unbranched alkanes of at least 4 members (excludes halogenated alkanes) is 2. The molecule has 0 saturated heterocycles. The van der Waals surface area contributed by atoms with Crippen molar-refractivity contribution in [2.24, 2.45) is 5.10 Å². The summed E-state index contributed by atoms with van der Waals surface area (Å²) in [7, 11) is 0. The van der Waals surface area contributed by atoms with Gasteiger partial charge in [0.05, 0.1) is 0 Å². The predicted octanol–water partition coefficient (Wildman–Crippen LogP) is 4.10. The first kappa shape index (κ1) is 21.4. The molecule has 5 heteroatoms. The fraction of sp³-hybridized carbons (Fsp3) is 0.348. The number of amides is 2. The SMILES string of the molecule is CCCCC/C(C)=N/NC(=O)C(Cc1ccccc1)NC(=O)c1ccccc1. The number of carbonyl (C=O) groups is 2. The molecule has 0 saturated carbocycles. The molecular weight excluding hydrogens is 350 g/mol. The second kappa shape index (κ2) is 11.7. The Bertz CT molecular complexity index is 773. The maximum atomic E-state index is 12.7. The van der Waals surface area contributed by atoms with E-state index in [4.69, 9.17) is 0 Å². The minimum absolute atomic E-state index is 0.277. The lowest BCUT2D eigenvalue weighted by atomic mass is 10.0. The maximum absolute atomic E-state index is 12.7. The first-order valence-corrected chi connectivity index (χ1v) is 9.83. The van der Waals surface area contributed by atoms with Gasteiger partial charge in [-0.2, -0.15) is 5.10 Å². The average molecular weight is 380 g/mol. The molecule has 1 atom stereocenters. The second-order valence-corrected chi connectivity index (χ2v) is 6.86. The van der Waals surface area contributed by atoms with E-state index in [-0.39, 0.29) is 11.8 Å². The van der Waals surface area contributed by atoms with Crippen molar-refractivity contribution in [3.05, 3.63) is 71.8 Å². The Morgan fingerprint density at radius 1 is 0.964 bits per heavy atom. The summed E-state index contributed by atoms with van der Waals surface area (Å²) < 4.78 is 0. The van der Waals surface area contributed by atoms with Crippen molar-refractivity contribution in [2.45, 2.75) is 52.0 Å². The van der Waals surface area contributed by atoms with Crippen molar-refractivity contribution in [3.8, 4) is 0 Å². The molecule has 0 radical (unpaired) electrons. The van der Waals surface area contributed by atoms with Crippen LogP contribution in [0.3, 0.4) is 0 Å². The maximum Gasteiger partial charge on any atom is 0.262 e. The van der Waals surface area contributed by atoms with Gasteiger partial charge in [0.25, 0.3) is 11.8 Å². The molecule has 0 bridgehead atoms. The number of hydrazone groups is 1. The summed E-state index contributed by atoms with van der Waals surface area (Å²) in [5.41, 5.74) is 5.00. The topological polar surface area (TPSA) is 70.6 Å². The van der Waals surface area contributed by atoms with E-state index in [0.29, 0.717) is 12.0 Å². The first-order chi connectivity index (χ1) is 13.6. The van der Waals surface area contributed by atoms with Crippen LogP contribution in [0.5, 0.6) is 0 Å². The van der Waals surface area contributed by atoms with Gasteiger partial charge in [-0.1, -0.05) is 68.3 Å². The molecule has 0 aromatic heterocycles. The minimum atomic E-state index is -0.706. The Balaban J connectivity index is 2.05. The number of benzene rings is 2. The molecule has 2 rings (SSSR count). The summed E-state index contributed by atoms with van der Waals surface area (Å²) in [6.07, 6.45) is 4.60. The van der Waals surface area contributed by atoms with E-state index in [2.05, 4.69) is 22.8 Å². The van der Waals surface area contributed by atoms with Gasteiger partial charge < -0.3 is 5.32 Å². The fourth-order valence-corrected chi connectivity index (χ4v) is 2.81. The van der Waals surface area contributed by atoms with E-state index < -0.39 is 6.04 Å². The molecule has 148 valence electrons. The number of carbonyl (C=O) groups excluding carboxylic acids is 2. The van der Waals surface area contributed by atoms with Crippen LogP contribution in [0.15, 0.2) is 65.8 Å². The zero-order chi connectivity index (χ0) is 20.2. The van der Waals surface area contributed by atoms with Gasteiger partial charge in [0, 0.05) is 17.7 Å².